The zero-order valence-corrected chi connectivity index (χ0v) is 10.4. The van der Waals surface area contributed by atoms with E-state index in [0.717, 1.165) is 11.3 Å². The van der Waals surface area contributed by atoms with E-state index in [2.05, 4.69) is 42.0 Å². The number of hydrogen-bond acceptors (Lipinski definition) is 3. The van der Waals surface area contributed by atoms with E-state index in [-0.39, 0.29) is 6.04 Å². The quantitative estimate of drug-likeness (QED) is 0.858. The zero-order valence-electron chi connectivity index (χ0n) is 10.4. The van der Waals surface area contributed by atoms with Crippen LogP contribution in [0.3, 0.4) is 0 Å². The monoisotopic (exact) mass is 227 g/mol. The minimum absolute atomic E-state index is 0.139. The molecular formula is C14H17N3. The first kappa shape index (κ1) is 11.7. The second-order valence-corrected chi connectivity index (χ2v) is 4.41. The summed E-state index contributed by atoms with van der Waals surface area (Å²) in [6.07, 6.45) is 1.77. The minimum Gasteiger partial charge on any atom is -0.322 e. The van der Waals surface area contributed by atoms with Gasteiger partial charge in [-0.2, -0.15) is 0 Å². The standard InChI is InChI=1S/C14H17N3/c1-9-4-5-10(2)12(8-9)13-6-7-16-14(17-13)11(3)15/h4-8,11H,15H2,1-3H3. The van der Waals surface area contributed by atoms with Crippen molar-refractivity contribution in [3.05, 3.63) is 47.4 Å². The van der Waals surface area contributed by atoms with E-state index in [9.17, 15) is 0 Å². The Balaban J connectivity index is 2.52. The van der Waals surface area contributed by atoms with Crippen LogP contribution in [0, 0.1) is 13.8 Å². The van der Waals surface area contributed by atoms with Crippen molar-refractivity contribution in [1.29, 1.82) is 0 Å². The molecule has 3 heteroatoms. The van der Waals surface area contributed by atoms with Gasteiger partial charge in [-0.15, -0.1) is 0 Å². The van der Waals surface area contributed by atoms with Gasteiger partial charge >= 0.3 is 0 Å². The van der Waals surface area contributed by atoms with Gasteiger partial charge in [-0.05, 0) is 38.5 Å². The van der Waals surface area contributed by atoms with Crippen LogP contribution in [-0.2, 0) is 0 Å². The lowest BCUT2D eigenvalue weighted by Gasteiger charge is -2.09. The smallest absolute Gasteiger partial charge is 0.145 e. The highest BCUT2D eigenvalue weighted by Crippen LogP contribution is 2.23. The van der Waals surface area contributed by atoms with Gasteiger partial charge in [-0.25, -0.2) is 9.97 Å². The molecule has 0 aliphatic heterocycles. The molecule has 1 unspecified atom stereocenters. The second kappa shape index (κ2) is 4.63. The molecule has 2 rings (SSSR count). The average Bonchev–Trinajstić information content (AvgIpc) is 2.32. The Labute approximate surface area is 102 Å². The molecule has 0 saturated heterocycles. The van der Waals surface area contributed by atoms with Crippen molar-refractivity contribution in [2.75, 3.05) is 0 Å². The summed E-state index contributed by atoms with van der Waals surface area (Å²) in [5.41, 5.74) is 10.3. The molecule has 0 fully saturated rings. The number of nitrogens with two attached hydrogens (primary N) is 1. The van der Waals surface area contributed by atoms with Gasteiger partial charge in [0.05, 0.1) is 11.7 Å². The van der Waals surface area contributed by atoms with Crippen LogP contribution in [-0.4, -0.2) is 9.97 Å². The van der Waals surface area contributed by atoms with Crippen LogP contribution in [0.1, 0.15) is 29.9 Å². The van der Waals surface area contributed by atoms with Crippen LogP contribution >= 0.6 is 0 Å². The van der Waals surface area contributed by atoms with Crippen molar-refractivity contribution in [2.45, 2.75) is 26.8 Å². The predicted octanol–water partition coefficient (Wildman–Crippen LogP) is 2.78. The first-order valence-electron chi connectivity index (χ1n) is 5.74. The third-order valence-corrected chi connectivity index (χ3v) is 2.75. The Morgan fingerprint density at radius 2 is 1.94 bits per heavy atom. The van der Waals surface area contributed by atoms with E-state index in [0.29, 0.717) is 5.82 Å². The van der Waals surface area contributed by atoms with Crippen LogP contribution in [0.15, 0.2) is 30.5 Å². The highest BCUT2D eigenvalue weighted by molar-refractivity contribution is 5.64. The number of aromatic nitrogens is 2. The molecule has 0 spiro atoms. The van der Waals surface area contributed by atoms with E-state index in [1.807, 2.05) is 13.0 Å². The predicted molar refractivity (Wildman–Crippen MR) is 69.5 cm³/mol. The van der Waals surface area contributed by atoms with Crippen LogP contribution in [0.5, 0.6) is 0 Å². The van der Waals surface area contributed by atoms with Gasteiger partial charge in [0.1, 0.15) is 5.82 Å². The Hall–Kier alpha value is -1.74. The van der Waals surface area contributed by atoms with Crippen LogP contribution < -0.4 is 5.73 Å². The molecule has 0 aliphatic carbocycles. The summed E-state index contributed by atoms with van der Waals surface area (Å²) in [5, 5.41) is 0. The summed E-state index contributed by atoms with van der Waals surface area (Å²) in [4.78, 5) is 8.69. The highest BCUT2D eigenvalue weighted by atomic mass is 14.9. The number of benzene rings is 1. The maximum Gasteiger partial charge on any atom is 0.145 e. The molecule has 2 N–H and O–H groups in total. The average molecular weight is 227 g/mol. The van der Waals surface area contributed by atoms with E-state index in [1.165, 1.54) is 11.1 Å². The fourth-order valence-corrected chi connectivity index (χ4v) is 1.75. The van der Waals surface area contributed by atoms with Crippen molar-refractivity contribution in [2.24, 2.45) is 5.73 Å². The molecule has 88 valence electrons. The molecule has 17 heavy (non-hydrogen) atoms. The molecule has 2 aromatic rings. The van der Waals surface area contributed by atoms with E-state index in [4.69, 9.17) is 5.73 Å². The van der Waals surface area contributed by atoms with E-state index < -0.39 is 0 Å². The van der Waals surface area contributed by atoms with Crippen molar-refractivity contribution in [3.63, 3.8) is 0 Å². The van der Waals surface area contributed by atoms with Crippen molar-refractivity contribution < 1.29 is 0 Å². The van der Waals surface area contributed by atoms with Gasteiger partial charge in [-0.3, -0.25) is 0 Å². The van der Waals surface area contributed by atoms with Gasteiger partial charge in [0, 0.05) is 11.8 Å². The Bertz CT molecular complexity index is 533. The minimum atomic E-state index is -0.139. The lowest BCUT2D eigenvalue weighted by atomic mass is 10.0. The van der Waals surface area contributed by atoms with Gasteiger partial charge < -0.3 is 5.73 Å². The lowest BCUT2D eigenvalue weighted by Crippen LogP contribution is -2.10. The summed E-state index contributed by atoms with van der Waals surface area (Å²) in [6, 6.07) is 8.14. The van der Waals surface area contributed by atoms with Crippen LogP contribution in [0.4, 0.5) is 0 Å². The molecule has 0 bridgehead atoms. The Morgan fingerprint density at radius 3 is 2.65 bits per heavy atom. The molecule has 0 aliphatic rings. The maximum absolute atomic E-state index is 5.80. The van der Waals surface area contributed by atoms with Crippen LogP contribution in [0.2, 0.25) is 0 Å². The molecule has 1 heterocycles. The van der Waals surface area contributed by atoms with E-state index in [1.54, 1.807) is 6.20 Å². The third kappa shape index (κ3) is 2.50. The number of aryl methyl sites for hydroxylation is 2. The number of rotatable bonds is 2. The molecule has 1 aromatic carbocycles. The molecule has 0 radical (unpaired) electrons. The second-order valence-electron chi connectivity index (χ2n) is 4.41. The fraction of sp³-hybridized carbons (Fsp3) is 0.286. The van der Waals surface area contributed by atoms with Gasteiger partial charge in [0.25, 0.3) is 0 Å². The number of hydrogen-bond donors (Lipinski definition) is 1. The lowest BCUT2D eigenvalue weighted by molar-refractivity contribution is 0.740. The first-order chi connectivity index (χ1) is 8.08. The first-order valence-corrected chi connectivity index (χ1v) is 5.74. The Morgan fingerprint density at radius 1 is 1.18 bits per heavy atom. The molecular weight excluding hydrogens is 210 g/mol. The van der Waals surface area contributed by atoms with Gasteiger partial charge in [0.2, 0.25) is 0 Å². The topological polar surface area (TPSA) is 51.8 Å². The molecule has 0 amide bonds. The zero-order chi connectivity index (χ0) is 12.4. The maximum atomic E-state index is 5.80. The highest BCUT2D eigenvalue weighted by Gasteiger charge is 2.07. The van der Waals surface area contributed by atoms with Gasteiger partial charge in [-0.1, -0.05) is 17.7 Å². The molecule has 0 saturated carbocycles. The van der Waals surface area contributed by atoms with E-state index >= 15 is 0 Å². The summed E-state index contributed by atoms with van der Waals surface area (Å²) in [5.74, 6) is 0.684. The fourth-order valence-electron chi connectivity index (χ4n) is 1.75. The number of nitrogens with zero attached hydrogens (tertiary/aromatic N) is 2. The van der Waals surface area contributed by atoms with Crippen molar-refractivity contribution in [3.8, 4) is 11.3 Å². The van der Waals surface area contributed by atoms with Gasteiger partial charge in [0.15, 0.2) is 0 Å². The normalized spacial score (nSPS) is 12.5. The third-order valence-electron chi connectivity index (χ3n) is 2.75. The molecule has 1 aromatic heterocycles. The van der Waals surface area contributed by atoms with Crippen LogP contribution in [0.25, 0.3) is 11.3 Å². The van der Waals surface area contributed by atoms with Crippen molar-refractivity contribution >= 4 is 0 Å². The SMILES string of the molecule is Cc1ccc(C)c(-c2ccnc(C(C)N)n2)c1. The largest absolute Gasteiger partial charge is 0.322 e. The molecule has 3 nitrogen and oxygen atoms in total. The summed E-state index contributed by atoms with van der Waals surface area (Å²) >= 11 is 0. The summed E-state index contributed by atoms with van der Waals surface area (Å²) < 4.78 is 0. The van der Waals surface area contributed by atoms with Crippen molar-refractivity contribution in [1.82, 2.24) is 9.97 Å². The Kier molecular flexibility index (Phi) is 3.20. The summed E-state index contributed by atoms with van der Waals surface area (Å²) in [7, 11) is 0. The summed E-state index contributed by atoms with van der Waals surface area (Å²) in [6.45, 7) is 6.06. The molecule has 1 atom stereocenters.